The van der Waals surface area contributed by atoms with E-state index >= 15 is 0 Å². The van der Waals surface area contributed by atoms with Crippen molar-refractivity contribution in [3.05, 3.63) is 28.2 Å². The van der Waals surface area contributed by atoms with E-state index in [0.29, 0.717) is 6.54 Å². The van der Waals surface area contributed by atoms with E-state index in [-0.39, 0.29) is 10.9 Å². The minimum atomic E-state index is -3.43. The van der Waals surface area contributed by atoms with Crippen LogP contribution in [-0.4, -0.2) is 28.1 Å². The summed E-state index contributed by atoms with van der Waals surface area (Å²) in [4.78, 5) is 0.285. The Morgan fingerprint density at radius 1 is 1.35 bits per heavy atom. The van der Waals surface area contributed by atoms with E-state index in [9.17, 15) is 8.42 Å². The predicted molar refractivity (Wildman–Crippen MR) is 72.6 cm³/mol. The van der Waals surface area contributed by atoms with E-state index < -0.39 is 10.0 Å². The third kappa shape index (κ3) is 4.39. The molecular weight excluding hydrogens is 304 g/mol. The lowest BCUT2D eigenvalue weighted by molar-refractivity contribution is 0.554. The molecule has 0 bridgehead atoms. The summed E-state index contributed by atoms with van der Waals surface area (Å²) in [5.74, 6) is 0. The monoisotopic (exact) mass is 320 g/mol. The van der Waals surface area contributed by atoms with Crippen LogP contribution >= 0.6 is 15.9 Å². The number of halogens is 1. The fourth-order valence-electron chi connectivity index (χ4n) is 1.28. The third-order valence-electron chi connectivity index (χ3n) is 2.40. The molecule has 0 aliphatic rings. The summed E-state index contributed by atoms with van der Waals surface area (Å²) >= 11 is 3.29. The molecule has 4 nitrogen and oxygen atoms in total. The van der Waals surface area contributed by atoms with Gasteiger partial charge in [0.1, 0.15) is 0 Å². The minimum absolute atomic E-state index is 0.0954. The number of benzene rings is 1. The Hall–Kier alpha value is -0.430. The summed E-state index contributed by atoms with van der Waals surface area (Å²) in [7, 11) is -1.64. The molecule has 17 heavy (non-hydrogen) atoms. The number of hydrogen-bond acceptors (Lipinski definition) is 3. The number of hydrogen-bond donors (Lipinski definition) is 2. The average molecular weight is 321 g/mol. The van der Waals surface area contributed by atoms with Crippen molar-refractivity contribution in [2.75, 3.05) is 13.6 Å². The molecule has 0 heterocycles. The summed E-state index contributed by atoms with van der Waals surface area (Å²) in [6, 6.07) is 5.21. The first-order chi connectivity index (χ1) is 7.85. The first-order valence-electron chi connectivity index (χ1n) is 5.29. The molecule has 0 saturated heterocycles. The molecular formula is C11H17BrN2O2S. The highest BCUT2D eigenvalue weighted by molar-refractivity contribution is 9.10. The lowest BCUT2D eigenvalue weighted by Gasteiger charge is -2.12. The summed E-state index contributed by atoms with van der Waals surface area (Å²) in [5.41, 5.74) is 0.904. The molecule has 0 saturated carbocycles. The number of sulfonamides is 1. The van der Waals surface area contributed by atoms with Crippen LogP contribution in [-0.2, 0) is 10.0 Å². The molecule has 0 aromatic heterocycles. The maximum absolute atomic E-state index is 12.0. The van der Waals surface area contributed by atoms with Gasteiger partial charge in [-0.3, -0.25) is 0 Å². The number of rotatable bonds is 5. The molecule has 1 aromatic carbocycles. The van der Waals surface area contributed by atoms with Crippen molar-refractivity contribution < 1.29 is 8.42 Å². The lowest BCUT2D eigenvalue weighted by atomic mass is 10.2. The summed E-state index contributed by atoms with van der Waals surface area (Å²) in [5, 5.41) is 2.98. The highest BCUT2D eigenvalue weighted by atomic mass is 79.9. The Morgan fingerprint density at radius 3 is 2.53 bits per heavy atom. The van der Waals surface area contributed by atoms with Crippen LogP contribution in [0.5, 0.6) is 0 Å². The molecule has 1 unspecified atom stereocenters. The van der Waals surface area contributed by atoms with Crippen molar-refractivity contribution in [1.29, 1.82) is 0 Å². The molecule has 0 radical (unpaired) electrons. The first-order valence-corrected chi connectivity index (χ1v) is 7.57. The van der Waals surface area contributed by atoms with E-state index in [0.717, 1.165) is 10.0 Å². The van der Waals surface area contributed by atoms with Crippen molar-refractivity contribution in [3.63, 3.8) is 0 Å². The van der Waals surface area contributed by atoms with Gasteiger partial charge in [-0.2, -0.15) is 0 Å². The normalized spacial score (nSPS) is 13.6. The van der Waals surface area contributed by atoms with Crippen molar-refractivity contribution in [2.45, 2.75) is 24.8 Å². The van der Waals surface area contributed by atoms with Crippen molar-refractivity contribution in [2.24, 2.45) is 0 Å². The van der Waals surface area contributed by atoms with Gasteiger partial charge in [0.25, 0.3) is 0 Å². The molecule has 0 fully saturated rings. The second-order valence-electron chi connectivity index (χ2n) is 4.01. The van der Waals surface area contributed by atoms with E-state index in [2.05, 4.69) is 26.0 Å². The molecule has 0 spiro atoms. The molecule has 96 valence electrons. The van der Waals surface area contributed by atoms with Crippen LogP contribution in [0.1, 0.15) is 12.5 Å². The number of likely N-dealkylation sites (N-methyl/N-ethyl adjacent to an activating group) is 1. The highest BCUT2D eigenvalue weighted by Gasteiger charge is 2.15. The third-order valence-corrected chi connectivity index (χ3v) is 4.26. The summed E-state index contributed by atoms with van der Waals surface area (Å²) < 4.78 is 27.3. The van der Waals surface area contributed by atoms with Crippen molar-refractivity contribution in [3.8, 4) is 0 Å². The second-order valence-corrected chi connectivity index (χ2v) is 6.69. The molecule has 1 aromatic rings. The van der Waals surface area contributed by atoms with Gasteiger partial charge >= 0.3 is 0 Å². The Labute approximate surface area is 111 Å². The molecule has 0 amide bonds. The predicted octanol–water partition coefficient (Wildman–Crippen LogP) is 1.64. The van der Waals surface area contributed by atoms with E-state index in [1.165, 1.54) is 0 Å². The summed E-state index contributed by atoms with van der Waals surface area (Å²) in [6.07, 6.45) is 0. The molecule has 2 N–H and O–H groups in total. The first kappa shape index (κ1) is 14.6. The fourth-order valence-corrected chi connectivity index (χ4v) is 3.30. The molecule has 1 atom stereocenters. The average Bonchev–Trinajstić information content (AvgIpc) is 2.24. The van der Waals surface area contributed by atoms with Gasteiger partial charge in [0.2, 0.25) is 10.0 Å². The van der Waals surface area contributed by atoms with Crippen LogP contribution in [0.2, 0.25) is 0 Å². The van der Waals surface area contributed by atoms with Crippen LogP contribution in [0.3, 0.4) is 0 Å². The highest BCUT2D eigenvalue weighted by Crippen LogP contribution is 2.18. The maximum atomic E-state index is 12.0. The standard InChI is InChI=1S/C11H17BrN2O2S/c1-8-4-10(12)6-11(5-8)17(15,16)14-7-9(2)13-3/h4-6,9,13-14H,7H2,1-3H3. The van der Waals surface area contributed by atoms with E-state index in [1.54, 1.807) is 19.2 Å². The Balaban J connectivity index is 2.89. The second kappa shape index (κ2) is 5.95. The van der Waals surface area contributed by atoms with Crippen LogP contribution in [0.15, 0.2) is 27.6 Å². The van der Waals surface area contributed by atoms with Gasteiger partial charge in [-0.25, -0.2) is 13.1 Å². The number of nitrogens with one attached hydrogen (secondary N) is 2. The number of aryl methyl sites for hydroxylation is 1. The van der Waals surface area contributed by atoms with Crippen LogP contribution in [0.25, 0.3) is 0 Å². The Bertz CT molecular complexity index is 468. The Morgan fingerprint density at radius 2 is 2.00 bits per heavy atom. The van der Waals surface area contributed by atoms with Gasteiger partial charge in [0, 0.05) is 17.1 Å². The van der Waals surface area contributed by atoms with Crippen LogP contribution in [0, 0.1) is 6.92 Å². The van der Waals surface area contributed by atoms with Gasteiger partial charge in [-0.1, -0.05) is 15.9 Å². The molecule has 0 aliphatic carbocycles. The van der Waals surface area contributed by atoms with E-state index in [1.807, 2.05) is 19.9 Å². The van der Waals surface area contributed by atoms with Gasteiger partial charge < -0.3 is 5.32 Å². The van der Waals surface area contributed by atoms with Crippen molar-refractivity contribution in [1.82, 2.24) is 10.0 Å². The smallest absolute Gasteiger partial charge is 0.240 e. The maximum Gasteiger partial charge on any atom is 0.240 e. The lowest BCUT2D eigenvalue weighted by Crippen LogP contribution is -2.37. The zero-order valence-corrected chi connectivity index (χ0v) is 12.5. The summed E-state index contributed by atoms with van der Waals surface area (Å²) in [6.45, 7) is 4.14. The molecule has 6 heteroatoms. The molecule has 1 rings (SSSR count). The SMILES string of the molecule is CNC(C)CNS(=O)(=O)c1cc(C)cc(Br)c1. The minimum Gasteiger partial charge on any atom is -0.316 e. The van der Waals surface area contributed by atoms with Crippen LogP contribution < -0.4 is 10.0 Å². The van der Waals surface area contributed by atoms with Crippen LogP contribution in [0.4, 0.5) is 0 Å². The van der Waals surface area contributed by atoms with E-state index in [4.69, 9.17) is 0 Å². The zero-order valence-electron chi connectivity index (χ0n) is 10.1. The largest absolute Gasteiger partial charge is 0.316 e. The van der Waals surface area contributed by atoms with Gasteiger partial charge in [-0.05, 0) is 44.7 Å². The topological polar surface area (TPSA) is 58.2 Å². The molecule has 0 aliphatic heterocycles. The quantitative estimate of drug-likeness (QED) is 0.867. The van der Waals surface area contributed by atoms with Crippen molar-refractivity contribution >= 4 is 26.0 Å². The van der Waals surface area contributed by atoms with Gasteiger partial charge in [0.05, 0.1) is 4.90 Å². The van der Waals surface area contributed by atoms with Gasteiger partial charge in [-0.15, -0.1) is 0 Å². The van der Waals surface area contributed by atoms with Gasteiger partial charge in [0.15, 0.2) is 0 Å². The zero-order chi connectivity index (χ0) is 13.1. The fraction of sp³-hybridized carbons (Fsp3) is 0.455. The Kier molecular flexibility index (Phi) is 5.12.